The van der Waals surface area contributed by atoms with Crippen molar-refractivity contribution in [1.29, 1.82) is 0 Å². The van der Waals surface area contributed by atoms with E-state index in [0.29, 0.717) is 26.9 Å². The molecule has 0 unspecified atom stereocenters. The SMILES string of the molecule is O=C(N/N=C/c1cc(Br)ccc1OCc1ccc(Cl)cc1Cl)c1cc2cc(Br)ccc2o1. The van der Waals surface area contributed by atoms with Crippen LogP contribution < -0.4 is 10.2 Å². The smallest absolute Gasteiger partial charge is 0.307 e. The summed E-state index contributed by atoms with van der Waals surface area (Å²) in [6.45, 7) is 0.249. The van der Waals surface area contributed by atoms with E-state index in [0.717, 1.165) is 19.9 Å². The molecule has 0 bridgehead atoms. The minimum Gasteiger partial charge on any atom is -0.488 e. The minimum absolute atomic E-state index is 0.165. The zero-order chi connectivity index (χ0) is 22.7. The highest BCUT2D eigenvalue weighted by atomic mass is 79.9. The molecule has 0 fully saturated rings. The molecule has 0 atom stereocenters. The maximum Gasteiger partial charge on any atom is 0.307 e. The van der Waals surface area contributed by atoms with Gasteiger partial charge in [0.2, 0.25) is 0 Å². The molecule has 32 heavy (non-hydrogen) atoms. The van der Waals surface area contributed by atoms with Gasteiger partial charge < -0.3 is 9.15 Å². The Balaban J connectivity index is 1.46. The van der Waals surface area contributed by atoms with E-state index in [9.17, 15) is 4.79 Å². The van der Waals surface area contributed by atoms with Crippen molar-refractivity contribution < 1.29 is 13.9 Å². The van der Waals surface area contributed by atoms with Crippen LogP contribution in [0.1, 0.15) is 21.7 Å². The number of nitrogens with zero attached hydrogens (tertiary/aromatic N) is 1. The van der Waals surface area contributed by atoms with Crippen LogP contribution in [0.3, 0.4) is 0 Å². The number of carbonyl (C=O) groups is 1. The lowest BCUT2D eigenvalue weighted by atomic mass is 10.2. The van der Waals surface area contributed by atoms with Crippen molar-refractivity contribution in [3.63, 3.8) is 0 Å². The van der Waals surface area contributed by atoms with E-state index in [1.165, 1.54) is 6.21 Å². The monoisotopic (exact) mass is 594 g/mol. The number of halogens is 4. The third kappa shape index (κ3) is 5.53. The summed E-state index contributed by atoms with van der Waals surface area (Å²) >= 11 is 19.0. The number of benzene rings is 3. The molecule has 9 heteroatoms. The second-order valence-corrected chi connectivity index (χ2v) is 9.37. The fourth-order valence-electron chi connectivity index (χ4n) is 2.89. The zero-order valence-electron chi connectivity index (χ0n) is 16.2. The molecule has 162 valence electrons. The summed E-state index contributed by atoms with van der Waals surface area (Å²) < 4.78 is 13.2. The lowest BCUT2D eigenvalue weighted by Crippen LogP contribution is -2.16. The Morgan fingerprint density at radius 3 is 2.62 bits per heavy atom. The van der Waals surface area contributed by atoms with Crippen LogP contribution in [0.5, 0.6) is 5.75 Å². The fourth-order valence-corrected chi connectivity index (χ4v) is 4.11. The second-order valence-electron chi connectivity index (χ2n) is 6.70. The first kappa shape index (κ1) is 22.9. The number of fused-ring (bicyclic) bond motifs is 1. The molecular formula is C23H14Br2Cl2N2O3. The van der Waals surface area contributed by atoms with E-state index in [2.05, 4.69) is 42.4 Å². The molecule has 1 N–H and O–H groups in total. The molecule has 4 rings (SSSR count). The van der Waals surface area contributed by atoms with Crippen molar-refractivity contribution >= 4 is 78.2 Å². The van der Waals surface area contributed by atoms with Gasteiger partial charge in [0.1, 0.15) is 17.9 Å². The Kier molecular flexibility index (Phi) is 7.20. The van der Waals surface area contributed by atoms with Crippen molar-refractivity contribution in [3.05, 3.63) is 96.5 Å². The van der Waals surface area contributed by atoms with Gasteiger partial charge in [-0.25, -0.2) is 5.43 Å². The Bertz CT molecular complexity index is 1340. The van der Waals surface area contributed by atoms with Gasteiger partial charge in [0.25, 0.3) is 0 Å². The van der Waals surface area contributed by atoms with Crippen molar-refractivity contribution in [2.45, 2.75) is 6.61 Å². The minimum atomic E-state index is -0.459. The van der Waals surface area contributed by atoms with Gasteiger partial charge in [-0.15, -0.1) is 0 Å². The van der Waals surface area contributed by atoms with Crippen LogP contribution in [0.25, 0.3) is 11.0 Å². The van der Waals surface area contributed by atoms with Crippen LogP contribution in [0.2, 0.25) is 10.0 Å². The molecule has 0 saturated heterocycles. The average molecular weight is 597 g/mol. The number of carbonyl (C=O) groups excluding carboxylic acids is 1. The first-order chi connectivity index (χ1) is 15.4. The lowest BCUT2D eigenvalue weighted by Gasteiger charge is -2.11. The summed E-state index contributed by atoms with van der Waals surface area (Å²) in [5, 5.41) is 5.95. The number of rotatable bonds is 6. The van der Waals surface area contributed by atoms with Crippen molar-refractivity contribution in [3.8, 4) is 5.75 Å². The van der Waals surface area contributed by atoms with E-state index in [4.69, 9.17) is 32.4 Å². The molecule has 0 aliphatic heterocycles. The maximum atomic E-state index is 12.4. The number of hydrogen-bond donors (Lipinski definition) is 1. The number of ether oxygens (including phenoxy) is 1. The van der Waals surface area contributed by atoms with Gasteiger partial charge in [0, 0.05) is 35.5 Å². The van der Waals surface area contributed by atoms with Crippen LogP contribution in [-0.2, 0) is 6.61 Å². The third-order valence-corrected chi connectivity index (χ3v) is 6.02. The molecule has 0 aliphatic carbocycles. The molecule has 0 spiro atoms. The quantitative estimate of drug-likeness (QED) is 0.184. The molecule has 0 aliphatic rings. The molecule has 0 radical (unpaired) electrons. The average Bonchev–Trinajstić information content (AvgIpc) is 3.17. The zero-order valence-corrected chi connectivity index (χ0v) is 20.9. The highest BCUT2D eigenvalue weighted by molar-refractivity contribution is 9.10. The van der Waals surface area contributed by atoms with Crippen molar-refractivity contribution in [2.75, 3.05) is 0 Å². The normalized spacial score (nSPS) is 11.2. The summed E-state index contributed by atoms with van der Waals surface area (Å²) in [5.74, 6) is 0.281. The Labute approximate surface area is 210 Å². The van der Waals surface area contributed by atoms with Crippen LogP contribution >= 0.6 is 55.1 Å². The van der Waals surface area contributed by atoms with E-state index < -0.39 is 5.91 Å². The maximum absolute atomic E-state index is 12.4. The van der Waals surface area contributed by atoms with Gasteiger partial charge in [-0.3, -0.25) is 4.79 Å². The van der Waals surface area contributed by atoms with Crippen LogP contribution in [0.4, 0.5) is 0 Å². The third-order valence-electron chi connectivity index (χ3n) is 4.44. The van der Waals surface area contributed by atoms with Gasteiger partial charge >= 0.3 is 5.91 Å². The molecule has 1 aromatic heterocycles. The number of amides is 1. The summed E-state index contributed by atoms with van der Waals surface area (Å²) in [7, 11) is 0. The molecule has 5 nitrogen and oxygen atoms in total. The van der Waals surface area contributed by atoms with Gasteiger partial charge in [-0.05, 0) is 54.6 Å². The molecular weight excluding hydrogens is 583 g/mol. The molecule has 0 saturated carbocycles. The van der Waals surface area contributed by atoms with Crippen LogP contribution in [0.15, 0.2) is 79.1 Å². The first-order valence-corrected chi connectivity index (χ1v) is 11.6. The Hall–Kier alpha value is -2.32. The van der Waals surface area contributed by atoms with Gasteiger partial charge in [0.05, 0.1) is 6.21 Å². The summed E-state index contributed by atoms with van der Waals surface area (Å²) in [6, 6.07) is 17.9. The molecule has 3 aromatic carbocycles. The number of hydrogen-bond acceptors (Lipinski definition) is 4. The van der Waals surface area contributed by atoms with E-state index in [1.807, 2.05) is 30.3 Å². The van der Waals surface area contributed by atoms with Gasteiger partial charge in [-0.2, -0.15) is 5.10 Å². The number of furan rings is 1. The number of hydrazone groups is 1. The van der Waals surface area contributed by atoms with E-state index >= 15 is 0 Å². The van der Waals surface area contributed by atoms with Crippen LogP contribution in [-0.4, -0.2) is 12.1 Å². The van der Waals surface area contributed by atoms with Crippen molar-refractivity contribution in [2.24, 2.45) is 5.10 Å². The first-order valence-electron chi connectivity index (χ1n) is 9.28. The second kappa shape index (κ2) is 10.1. The van der Waals surface area contributed by atoms with Crippen molar-refractivity contribution in [1.82, 2.24) is 5.43 Å². The van der Waals surface area contributed by atoms with E-state index in [-0.39, 0.29) is 12.4 Å². The summed E-state index contributed by atoms with van der Waals surface area (Å²) in [4.78, 5) is 12.4. The predicted octanol–water partition coefficient (Wildman–Crippen LogP) is 7.61. The summed E-state index contributed by atoms with van der Waals surface area (Å²) in [6.07, 6.45) is 1.50. The van der Waals surface area contributed by atoms with Gasteiger partial charge in [0.15, 0.2) is 5.76 Å². The molecule has 1 amide bonds. The fraction of sp³-hybridized carbons (Fsp3) is 0.0435. The molecule has 1 heterocycles. The van der Waals surface area contributed by atoms with Crippen LogP contribution in [0, 0.1) is 0 Å². The standard InChI is InChI=1S/C23H14Br2Cl2N2O3/c24-16-3-6-21-14(7-16)9-22(32-21)23(30)29-28-11-15-8-17(25)2-5-20(15)31-12-13-1-4-18(26)10-19(13)27/h1-11H,12H2,(H,29,30)/b28-11+. The molecule has 4 aromatic rings. The highest BCUT2D eigenvalue weighted by Gasteiger charge is 2.12. The van der Waals surface area contributed by atoms with E-state index in [1.54, 1.807) is 30.3 Å². The summed E-state index contributed by atoms with van der Waals surface area (Å²) in [5.41, 5.74) is 4.56. The number of nitrogens with one attached hydrogen (secondary N) is 1. The highest BCUT2D eigenvalue weighted by Crippen LogP contribution is 2.26. The lowest BCUT2D eigenvalue weighted by molar-refractivity contribution is 0.0929. The Morgan fingerprint density at radius 1 is 1.03 bits per heavy atom. The van der Waals surface area contributed by atoms with Gasteiger partial charge in [-0.1, -0.05) is 61.1 Å². The predicted molar refractivity (Wildman–Crippen MR) is 134 cm³/mol. The largest absolute Gasteiger partial charge is 0.488 e. The Morgan fingerprint density at radius 2 is 1.81 bits per heavy atom. The topological polar surface area (TPSA) is 63.8 Å².